The van der Waals surface area contributed by atoms with Crippen molar-refractivity contribution in [2.24, 2.45) is 11.8 Å². The fraction of sp³-hybridized carbons (Fsp3) is 0.667. The number of aromatic nitrogens is 2. The molecule has 106 valence electrons. The van der Waals surface area contributed by atoms with Crippen molar-refractivity contribution in [2.45, 2.75) is 37.5 Å². The molecule has 7 heteroatoms. The van der Waals surface area contributed by atoms with E-state index in [1.807, 2.05) is 0 Å². The summed E-state index contributed by atoms with van der Waals surface area (Å²) in [5.74, 6) is 0.981. The highest BCUT2D eigenvalue weighted by Crippen LogP contribution is 2.29. The lowest BCUT2D eigenvalue weighted by molar-refractivity contribution is 0.257. The number of rotatable bonds is 4. The Kier molecular flexibility index (Phi) is 4.76. The van der Waals surface area contributed by atoms with Gasteiger partial charge in [0.1, 0.15) is 4.90 Å². The van der Waals surface area contributed by atoms with Gasteiger partial charge in [-0.3, -0.25) is 0 Å². The normalized spacial score (nSPS) is 24.3. The third-order valence-electron chi connectivity index (χ3n) is 3.73. The van der Waals surface area contributed by atoms with Crippen LogP contribution in [0.5, 0.6) is 0 Å². The molecule has 0 aromatic carbocycles. The molecule has 0 spiro atoms. The first-order valence-corrected chi connectivity index (χ1v) is 8.32. The van der Waals surface area contributed by atoms with Crippen molar-refractivity contribution in [1.29, 1.82) is 0 Å². The monoisotopic (exact) mass is 303 g/mol. The van der Waals surface area contributed by atoms with Gasteiger partial charge in [-0.15, -0.1) is 0 Å². The third kappa shape index (κ3) is 3.87. The van der Waals surface area contributed by atoms with Crippen molar-refractivity contribution in [2.75, 3.05) is 6.54 Å². The van der Waals surface area contributed by atoms with Gasteiger partial charge in [0.15, 0.2) is 0 Å². The Labute approximate surface area is 118 Å². The molecule has 1 N–H and O–H groups in total. The number of hydrogen-bond acceptors (Lipinski definition) is 4. The lowest BCUT2D eigenvalue weighted by Crippen LogP contribution is -2.33. The molecule has 1 fully saturated rings. The standard InChI is InChI=1S/C12H18ClN3O2S/c1-9-4-2-3-5-10(9)6-16-19(17,18)11-7-14-12(13)15-8-11/h7-10,16H,2-6H2,1H3. The molecule has 1 aromatic rings. The van der Waals surface area contributed by atoms with Crippen LogP contribution >= 0.6 is 11.6 Å². The predicted molar refractivity (Wildman–Crippen MR) is 73.4 cm³/mol. The van der Waals surface area contributed by atoms with E-state index >= 15 is 0 Å². The lowest BCUT2D eigenvalue weighted by atomic mass is 9.81. The van der Waals surface area contributed by atoms with Crippen LogP contribution in [0.1, 0.15) is 32.6 Å². The molecule has 0 saturated heterocycles. The minimum Gasteiger partial charge on any atom is -0.225 e. The number of sulfonamides is 1. The van der Waals surface area contributed by atoms with E-state index in [0.717, 1.165) is 6.42 Å². The van der Waals surface area contributed by atoms with Gasteiger partial charge in [-0.05, 0) is 29.9 Å². The summed E-state index contributed by atoms with van der Waals surface area (Å²) in [5.41, 5.74) is 0. The van der Waals surface area contributed by atoms with Crippen LogP contribution < -0.4 is 4.72 Å². The largest absolute Gasteiger partial charge is 0.243 e. The maximum absolute atomic E-state index is 12.1. The summed E-state index contributed by atoms with van der Waals surface area (Å²) in [6.45, 7) is 2.66. The SMILES string of the molecule is CC1CCCCC1CNS(=O)(=O)c1cnc(Cl)nc1. The lowest BCUT2D eigenvalue weighted by Gasteiger charge is -2.28. The quantitative estimate of drug-likeness (QED) is 0.866. The summed E-state index contributed by atoms with van der Waals surface area (Å²) in [4.78, 5) is 7.44. The van der Waals surface area contributed by atoms with Crippen LogP contribution in [0.2, 0.25) is 5.28 Å². The van der Waals surface area contributed by atoms with E-state index in [-0.39, 0.29) is 10.2 Å². The van der Waals surface area contributed by atoms with E-state index in [1.54, 1.807) is 0 Å². The highest BCUT2D eigenvalue weighted by atomic mass is 35.5. The van der Waals surface area contributed by atoms with Crippen LogP contribution in [0.4, 0.5) is 0 Å². The molecule has 5 nitrogen and oxygen atoms in total. The van der Waals surface area contributed by atoms with Gasteiger partial charge in [0.05, 0.1) is 12.4 Å². The maximum Gasteiger partial charge on any atom is 0.243 e. The topological polar surface area (TPSA) is 72.0 Å². The summed E-state index contributed by atoms with van der Waals surface area (Å²) in [7, 11) is -3.53. The molecule has 0 amide bonds. The first-order valence-electron chi connectivity index (χ1n) is 6.46. The van der Waals surface area contributed by atoms with Crippen molar-refractivity contribution in [1.82, 2.24) is 14.7 Å². The third-order valence-corrected chi connectivity index (χ3v) is 5.30. The molecule has 1 aromatic heterocycles. The van der Waals surface area contributed by atoms with E-state index in [2.05, 4.69) is 21.6 Å². The van der Waals surface area contributed by atoms with Gasteiger partial charge < -0.3 is 0 Å². The summed E-state index contributed by atoms with van der Waals surface area (Å²) in [6.07, 6.45) is 7.14. The van der Waals surface area contributed by atoms with Crippen LogP contribution in [0.15, 0.2) is 17.3 Å². The Morgan fingerprint density at radius 2 is 1.95 bits per heavy atom. The maximum atomic E-state index is 12.1. The van der Waals surface area contributed by atoms with Gasteiger partial charge in [0, 0.05) is 6.54 Å². The average molecular weight is 304 g/mol. The van der Waals surface area contributed by atoms with Crippen molar-refractivity contribution in [3.8, 4) is 0 Å². The van der Waals surface area contributed by atoms with Gasteiger partial charge in [0.2, 0.25) is 15.3 Å². The molecular formula is C12H18ClN3O2S. The molecule has 0 radical (unpaired) electrons. The van der Waals surface area contributed by atoms with Crippen LogP contribution in [0, 0.1) is 11.8 Å². The first kappa shape index (κ1) is 14.7. The van der Waals surface area contributed by atoms with Crippen LogP contribution in [-0.4, -0.2) is 24.9 Å². The second-order valence-electron chi connectivity index (χ2n) is 5.06. The van der Waals surface area contributed by atoms with Crippen molar-refractivity contribution in [3.05, 3.63) is 17.7 Å². The Morgan fingerprint density at radius 1 is 1.32 bits per heavy atom. The van der Waals surface area contributed by atoms with Crippen LogP contribution in [0.3, 0.4) is 0 Å². The molecule has 2 atom stereocenters. The summed E-state index contributed by atoms with van der Waals surface area (Å²) >= 11 is 5.54. The predicted octanol–water partition coefficient (Wildman–Crippen LogP) is 2.23. The molecule has 19 heavy (non-hydrogen) atoms. The van der Waals surface area contributed by atoms with Crippen molar-refractivity contribution < 1.29 is 8.42 Å². The van der Waals surface area contributed by atoms with Crippen molar-refractivity contribution >= 4 is 21.6 Å². The summed E-state index contributed by atoms with van der Waals surface area (Å²) in [6, 6.07) is 0. The van der Waals surface area contributed by atoms with Gasteiger partial charge in [-0.1, -0.05) is 26.2 Å². The fourth-order valence-electron chi connectivity index (χ4n) is 2.44. The molecule has 1 aliphatic carbocycles. The first-order chi connectivity index (χ1) is 8.99. The smallest absolute Gasteiger partial charge is 0.225 e. The zero-order chi connectivity index (χ0) is 13.9. The van der Waals surface area contributed by atoms with Gasteiger partial charge >= 0.3 is 0 Å². The fourth-order valence-corrected chi connectivity index (χ4v) is 3.52. The second kappa shape index (κ2) is 6.15. The number of halogens is 1. The summed E-state index contributed by atoms with van der Waals surface area (Å²) < 4.78 is 26.8. The van der Waals surface area contributed by atoms with E-state index in [0.29, 0.717) is 18.4 Å². The van der Waals surface area contributed by atoms with Gasteiger partial charge in [-0.2, -0.15) is 0 Å². The van der Waals surface area contributed by atoms with Crippen molar-refractivity contribution in [3.63, 3.8) is 0 Å². The Morgan fingerprint density at radius 3 is 2.58 bits per heavy atom. The van der Waals surface area contributed by atoms with Gasteiger partial charge in [0.25, 0.3) is 0 Å². The highest BCUT2D eigenvalue weighted by Gasteiger charge is 2.24. The van der Waals surface area contributed by atoms with E-state index < -0.39 is 10.0 Å². The Balaban J connectivity index is 1.99. The number of nitrogens with one attached hydrogen (secondary N) is 1. The van der Waals surface area contributed by atoms with Gasteiger partial charge in [-0.25, -0.2) is 23.1 Å². The minimum atomic E-state index is -3.53. The van der Waals surface area contributed by atoms with E-state index in [9.17, 15) is 8.42 Å². The molecule has 1 aliphatic rings. The molecule has 2 unspecified atom stereocenters. The number of nitrogens with zero attached hydrogens (tertiary/aromatic N) is 2. The highest BCUT2D eigenvalue weighted by molar-refractivity contribution is 7.89. The Bertz CT molecular complexity index is 518. The van der Waals surface area contributed by atoms with Crippen LogP contribution in [-0.2, 0) is 10.0 Å². The molecule has 1 saturated carbocycles. The van der Waals surface area contributed by atoms with E-state index in [4.69, 9.17) is 11.6 Å². The zero-order valence-corrected chi connectivity index (χ0v) is 12.4. The van der Waals surface area contributed by atoms with Crippen LogP contribution in [0.25, 0.3) is 0 Å². The Hall–Kier alpha value is -0.720. The zero-order valence-electron chi connectivity index (χ0n) is 10.8. The molecular weight excluding hydrogens is 286 g/mol. The average Bonchev–Trinajstić information content (AvgIpc) is 2.38. The molecule has 0 aliphatic heterocycles. The minimum absolute atomic E-state index is 0.0415. The van der Waals surface area contributed by atoms with E-state index in [1.165, 1.54) is 31.7 Å². The second-order valence-corrected chi connectivity index (χ2v) is 7.17. The summed E-state index contributed by atoms with van der Waals surface area (Å²) in [5, 5.41) is 0.0415. The molecule has 2 rings (SSSR count). The number of hydrogen-bond donors (Lipinski definition) is 1. The molecule has 1 heterocycles. The molecule has 0 bridgehead atoms.